The van der Waals surface area contributed by atoms with Crippen molar-refractivity contribution in [3.63, 3.8) is 0 Å². The SMILES string of the molecule is CC(C)(C)N1CC(=O)N(C(C)(C)C)CC(=O)N(C(C)(C)C)CC(=O)N(C(C)(C)C)CC(=O)N(C(C)(C)C)CC(=O)N(C(C)(C)C)CC(=O)N(C(C)(C)C)CC1=O. The predicted octanol–water partition coefficient (Wildman–Crippen LogP) is 4.39. The number of nitrogens with zero attached hydrogens (tertiary/aromatic N) is 7. The van der Waals surface area contributed by atoms with E-state index in [1.807, 2.05) is 0 Å². The van der Waals surface area contributed by atoms with E-state index in [0.717, 1.165) is 0 Å². The Hall–Kier alpha value is -3.71. The second-order valence-corrected chi connectivity index (χ2v) is 22.1. The molecule has 56 heavy (non-hydrogen) atoms. The maximum Gasteiger partial charge on any atom is 0.243 e. The summed E-state index contributed by atoms with van der Waals surface area (Å²) in [6.07, 6.45) is 0. The van der Waals surface area contributed by atoms with Gasteiger partial charge in [0.05, 0.1) is 0 Å². The Morgan fingerprint density at radius 1 is 0.214 bits per heavy atom. The first-order valence-electron chi connectivity index (χ1n) is 19.7. The summed E-state index contributed by atoms with van der Waals surface area (Å²) < 4.78 is 0. The molecule has 0 aromatic heterocycles. The Morgan fingerprint density at radius 2 is 0.286 bits per heavy atom. The molecule has 1 aliphatic heterocycles. The number of hydrogen-bond acceptors (Lipinski definition) is 7. The second-order valence-electron chi connectivity index (χ2n) is 22.1. The Balaban J connectivity index is 4.19. The van der Waals surface area contributed by atoms with E-state index in [-0.39, 0.29) is 45.8 Å². The van der Waals surface area contributed by atoms with Crippen LogP contribution in [0.5, 0.6) is 0 Å². The molecular formula is C42H77N7O7. The summed E-state index contributed by atoms with van der Waals surface area (Å²) >= 11 is 0. The van der Waals surface area contributed by atoms with Crippen LogP contribution in [-0.2, 0) is 33.6 Å². The zero-order valence-electron chi connectivity index (χ0n) is 38.9. The van der Waals surface area contributed by atoms with Crippen molar-refractivity contribution in [2.45, 2.75) is 184 Å². The van der Waals surface area contributed by atoms with Gasteiger partial charge < -0.3 is 34.3 Å². The Morgan fingerprint density at radius 3 is 0.339 bits per heavy atom. The van der Waals surface area contributed by atoms with Gasteiger partial charge in [-0.25, -0.2) is 0 Å². The molecule has 0 saturated carbocycles. The Bertz CT molecular complexity index is 1180. The van der Waals surface area contributed by atoms with Gasteiger partial charge in [0.1, 0.15) is 45.8 Å². The number of amides is 7. The molecule has 1 rings (SSSR count). The first-order chi connectivity index (χ1) is 24.6. The average molecular weight is 792 g/mol. The molecule has 1 saturated heterocycles. The average Bonchev–Trinajstić information content (AvgIpc) is 2.94. The van der Waals surface area contributed by atoms with Crippen molar-refractivity contribution in [3.8, 4) is 0 Å². The molecule has 14 heteroatoms. The molecule has 0 bridgehead atoms. The van der Waals surface area contributed by atoms with Crippen LogP contribution in [0.2, 0.25) is 0 Å². The fraction of sp³-hybridized carbons (Fsp3) is 0.833. The van der Waals surface area contributed by atoms with Crippen LogP contribution in [0.4, 0.5) is 0 Å². The lowest BCUT2D eigenvalue weighted by Gasteiger charge is -2.44. The molecule has 1 heterocycles. The van der Waals surface area contributed by atoms with Crippen LogP contribution >= 0.6 is 0 Å². The number of carbonyl (C=O) groups excluding carboxylic acids is 7. The zero-order valence-corrected chi connectivity index (χ0v) is 38.9. The quantitative estimate of drug-likeness (QED) is 0.355. The van der Waals surface area contributed by atoms with Gasteiger partial charge in [-0.05, 0) is 145 Å². The monoisotopic (exact) mass is 792 g/mol. The summed E-state index contributed by atoms with van der Waals surface area (Å²) in [5.74, 6) is -3.39. The lowest BCUT2D eigenvalue weighted by atomic mass is 10.0. The van der Waals surface area contributed by atoms with E-state index < -0.39 is 80.1 Å². The number of hydrogen-bond donors (Lipinski definition) is 0. The molecule has 0 radical (unpaired) electrons. The van der Waals surface area contributed by atoms with Crippen molar-refractivity contribution in [3.05, 3.63) is 0 Å². The van der Waals surface area contributed by atoms with E-state index in [0.29, 0.717) is 0 Å². The fourth-order valence-electron chi connectivity index (χ4n) is 6.44. The van der Waals surface area contributed by atoms with Crippen LogP contribution in [0.3, 0.4) is 0 Å². The van der Waals surface area contributed by atoms with Gasteiger partial charge in [0.15, 0.2) is 0 Å². The molecule has 0 spiro atoms. The second kappa shape index (κ2) is 17.0. The third kappa shape index (κ3) is 13.7. The molecule has 0 atom stereocenters. The summed E-state index contributed by atoms with van der Waals surface area (Å²) in [5, 5.41) is 0. The summed E-state index contributed by atoms with van der Waals surface area (Å²) in [6.45, 7) is 35.1. The predicted molar refractivity (Wildman–Crippen MR) is 220 cm³/mol. The third-order valence-electron chi connectivity index (χ3n) is 9.83. The summed E-state index contributed by atoms with van der Waals surface area (Å²) in [4.78, 5) is 110. The molecule has 1 aliphatic rings. The molecule has 0 N–H and O–H groups in total. The molecule has 1 fully saturated rings. The maximum absolute atomic E-state index is 14.3. The fourth-order valence-corrected chi connectivity index (χ4v) is 6.44. The van der Waals surface area contributed by atoms with Crippen LogP contribution in [-0.4, -0.2) is 160 Å². The standard InChI is InChI=1S/C42H77N7O7/c1-36(2,3)43-22-30(51)45(38(7,8)9)24-32(53)47(40(13,14)15)26-34(55)49(42(19,20)21)28-35(56)48(41(16,17)18)27-33(54)46(39(10,11)12)25-31(52)44(23-29(43)50)37(4,5)6/h22-28H2,1-21H3. The van der Waals surface area contributed by atoms with Crippen molar-refractivity contribution in [1.29, 1.82) is 0 Å². The molecular weight excluding hydrogens is 715 g/mol. The van der Waals surface area contributed by atoms with E-state index in [2.05, 4.69) is 0 Å². The van der Waals surface area contributed by atoms with Crippen LogP contribution < -0.4 is 0 Å². The number of rotatable bonds is 0. The van der Waals surface area contributed by atoms with Crippen molar-refractivity contribution < 1.29 is 33.6 Å². The van der Waals surface area contributed by atoms with Crippen molar-refractivity contribution >= 4 is 41.4 Å². The smallest absolute Gasteiger partial charge is 0.243 e. The van der Waals surface area contributed by atoms with E-state index in [1.54, 1.807) is 145 Å². The zero-order chi connectivity index (χ0) is 44.5. The lowest BCUT2D eigenvalue weighted by Crippen LogP contribution is -2.61. The highest BCUT2D eigenvalue weighted by atomic mass is 16.2. The third-order valence-corrected chi connectivity index (χ3v) is 9.83. The van der Waals surface area contributed by atoms with Crippen LogP contribution in [0, 0.1) is 0 Å². The molecule has 322 valence electrons. The first-order valence-corrected chi connectivity index (χ1v) is 19.7. The largest absolute Gasteiger partial charge is 0.327 e. The molecule has 7 amide bonds. The normalized spacial score (nSPS) is 19.4. The highest BCUT2D eigenvalue weighted by molar-refractivity contribution is 5.95. The van der Waals surface area contributed by atoms with Gasteiger partial charge in [0.25, 0.3) is 0 Å². The van der Waals surface area contributed by atoms with Crippen LogP contribution in [0.1, 0.15) is 145 Å². The molecule has 0 aliphatic carbocycles. The van der Waals surface area contributed by atoms with Gasteiger partial charge in [-0.3, -0.25) is 33.6 Å². The van der Waals surface area contributed by atoms with E-state index >= 15 is 0 Å². The summed E-state index contributed by atoms with van der Waals surface area (Å²) in [5.41, 5.74) is -6.04. The van der Waals surface area contributed by atoms with Gasteiger partial charge in [-0.2, -0.15) is 0 Å². The van der Waals surface area contributed by atoms with Crippen LogP contribution in [0.25, 0.3) is 0 Å². The molecule has 0 aromatic carbocycles. The minimum absolute atomic E-state index is 0.372. The van der Waals surface area contributed by atoms with Crippen LogP contribution in [0.15, 0.2) is 0 Å². The van der Waals surface area contributed by atoms with Gasteiger partial charge in [0.2, 0.25) is 41.4 Å². The molecule has 0 unspecified atom stereocenters. The maximum atomic E-state index is 14.3. The van der Waals surface area contributed by atoms with E-state index in [4.69, 9.17) is 0 Å². The lowest BCUT2D eigenvalue weighted by molar-refractivity contribution is -0.156. The summed E-state index contributed by atoms with van der Waals surface area (Å²) in [6, 6.07) is 0. The van der Waals surface area contributed by atoms with E-state index in [1.165, 1.54) is 34.3 Å². The van der Waals surface area contributed by atoms with Gasteiger partial charge in [-0.1, -0.05) is 0 Å². The molecule has 0 aromatic rings. The van der Waals surface area contributed by atoms with Crippen molar-refractivity contribution in [2.75, 3.05) is 45.8 Å². The van der Waals surface area contributed by atoms with Gasteiger partial charge in [0, 0.05) is 38.8 Å². The minimum Gasteiger partial charge on any atom is -0.327 e. The first kappa shape index (κ1) is 50.3. The summed E-state index contributed by atoms with van der Waals surface area (Å²) in [7, 11) is 0. The highest BCUT2D eigenvalue weighted by Gasteiger charge is 2.42. The van der Waals surface area contributed by atoms with Gasteiger partial charge >= 0.3 is 0 Å². The topological polar surface area (TPSA) is 142 Å². The minimum atomic E-state index is -0.862. The highest BCUT2D eigenvalue weighted by Crippen LogP contribution is 2.25. The molecule has 14 nitrogen and oxygen atoms in total. The van der Waals surface area contributed by atoms with Crippen molar-refractivity contribution in [1.82, 2.24) is 34.3 Å². The Kier molecular flexibility index (Phi) is 15.3. The Labute approximate surface area is 338 Å². The van der Waals surface area contributed by atoms with E-state index in [9.17, 15) is 33.6 Å². The van der Waals surface area contributed by atoms with Gasteiger partial charge in [-0.15, -0.1) is 0 Å². The van der Waals surface area contributed by atoms with Crippen molar-refractivity contribution in [2.24, 2.45) is 0 Å². The number of carbonyl (C=O) groups is 7.